The summed E-state index contributed by atoms with van der Waals surface area (Å²) in [5.41, 5.74) is 5.76. The summed E-state index contributed by atoms with van der Waals surface area (Å²) in [6, 6.07) is -0.00593. The van der Waals surface area contributed by atoms with Crippen LogP contribution in [0.15, 0.2) is 0 Å². The first-order chi connectivity index (χ1) is 6.83. The molecular formula is C9H21N3O2S. The molecule has 1 heterocycles. The van der Waals surface area contributed by atoms with Crippen molar-refractivity contribution in [2.75, 3.05) is 13.1 Å². The molecule has 1 saturated heterocycles. The molecule has 6 heteroatoms. The van der Waals surface area contributed by atoms with Crippen molar-refractivity contribution in [1.82, 2.24) is 9.03 Å². The molecule has 1 fully saturated rings. The minimum atomic E-state index is -3.30. The molecule has 0 aromatic carbocycles. The van der Waals surface area contributed by atoms with Gasteiger partial charge in [0, 0.05) is 25.2 Å². The van der Waals surface area contributed by atoms with E-state index in [0.29, 0.717) is 13.1 Å². The Morgan fingerprint density at radius 1 is 1.40 bits per heavy atom. The summed E-state index contributed by atoms with van der Waals surface area (Å²) < 4.78 is 27.6. The Balaban J connectivity index is 2.60. The zero-order valence-corrected chi connectivity index (χ0v) is 10.4. The van der Waals surface area contributed by atoms with Crippen molar-refractivity contribution in [3.8, 4) is 0 Å². The molecule has 2 atom stereocenters. The molecule has 1 aliphatic rings. The van der Waals surface area contributed by atoms with Crippen LogP contribution in [0.3, 0.4) is 0 Å². The van der Waals surface area contributed by atoms with Crippen LogP contribution in [0.25, 0.3) is 0 Å². The monoisotopic (exact) mass is 235 g/mol. The van der Waals surface area contributed by atoms with Crippen LogP contribution >= 0.6 is 0 Å². The van der Waals surface area contributed by atoms with Gasteiger partial charge in [0.15, 0.2) is 0 Å². The van der Waals surface area contributed by atoms with Gasteiger partial charge in [0.05, 0.1) is 0 Å². The molecule has 2 unspecified atom stereocenters. The molecule has 0 saturated carbocycles. The van der Waals surface area contributed by atoms with Crippen molar-refractivity contribution in [2.24, 2.45) is 11.7 Å². The third-order valence-corrected chi connectivity index (χ3v) is 4.44. The van der Waals surface area contributed by atoms with Gasteiger partial charge in [0.1, 0.15) is 0 Å². The van der Waals surface area contributed by atoms with E-state index in [1.165, 1.54) is 4.31 Å². The van der Waals surface area contributed by atoms with Gasteiger partial charge in [-0.2, -0.15) is 17.4 Å². The van der Waals surface area contributed by atoms with Crippen LogP contribution in [0, 0.1) is 5.92 Å². The molecule has 0 aromatic heterocycles. The lowest BCUT2D eigenvalue weighted by atomic mass is 10.0. The van der Waals surface area contributed by atoms with Crippen LogP contribution in [0.5, 0.6) is 0 Å². The zero-order chi connectivity index (χ0) is 11.6. The summed E-state index contributed by atoms with van der Waals surface area (Å²) in [4.78, 5) is 0. The van der Waals surface area contributed by atoms with Crippen LogP contribution in [0.4, 0.5) is 0 Å². The van der Waals surface area contributed by atoms with Gasteiger partial charge in [-0.15, -0.1) is 0 Å². The molecule has 90 valence electrons. The maximum absolute atomic E-state index is 11.8. The van der Waals surface area contributed by atoms with E-state index >= 15 is 0 Å². The van der Waals surface area contributed by atoms with Crippen molar-refractivity contribution in [3.63, 3.8) is 0 Å². The molecule has 0 aromatic rings. The largest absolute Gasteiger partial charge is 0.328 e. The maximum atomic E-state index is 11.8. The summed E-state index contributed by atoms with van der Waals surface area (Å²) in [7, 11) is -3.30. The Morgan fingerprint density at radius 3 is 2.40 bits per heavy atom. The summed E-state index contributed by atoms with van der Waals surface area (Å²) in [6.07, 6.45) is 0.858. The quantitative estimate of drug-likeness (QED) is 0.714. The highest BCUT2D eigenvalue weighted by Gasteiger charge is 2.32. The Kier molecular flexibility index (Phi) is 4.11. The second kappa shape index (κ2) is 4.78. The molecule has 15 heavy (non-hydrogen) atoms. The lowest BCUT2D eigenvalue weighted by molar-refractivity contribution is 0.420. The highest BCUT2D eigenvalue weighted by Crippen LogP contribution is 2.20. The smallest absolute Gasteiger partial charge is 0.279 e. The van der Waals surface area contributed by atoms with Crippen LogP contribution in [-0.4, -0.2) is 37.9 Å². The first-order valence-corrected chi connectivity index (χ1v) is 6.80. The minimum absolute atomic E-state index is 0.0595. The number of nitrogens with zero attached hydrogens (tertiary/aromatic N) is 1. The lowest BCUT2D eigenvalue weighted by Gasteiger charge is -2.19. The van der Waals surface area contributed by atoms with Crippen molar-refractivity contribution in [2.45, 2.75) is 39.3 Å². The number of hydrogen-bond acceptors (Lipinski definition) is 3. The second-order valence-electron chi connectivity index (χ2n) is 4.54. The van der Waals surface area contributed by atoms with Gasteiger partial charge in [0.25, 0.3) is 10.2 Å². The van der Waals surface area contributed by atoms with Crippen molar-refractivity contribution >= 4 is 10.2 Å². The van der Waals surface area contributed by atoms with Gasteiger partial charge in [-0.1, -0.05) is 0 Å². The third kappa shape index (κ3) is 3.41. The van der Waals surface area contributed by atoms with Gasteiger partial charge < -0.3 is 5.73 Å². The Bertz CT molecular complexity index is 300. The lowest BCUT2D eigenvalue weighted by Crippen LogP contribution is -2.43. The van der Waals surface area contributed by atoms with Gasteiger partial charge in [0.2, 0.25) is 0 Å². The standard InChI is InChI=1S/C9H21N3O2S/c1-7(2)11-15(13,14)12-5-4-9(6-12)8(3)10/h7-9,11H,4-6,10H2,1-3H3. The SMILES string of the molecule is CC(C)NS(=O)(=O)N1CCC(C(C)N)C1. The predicted molar refractivity (Wildman–Crippen MR) is 60.5 cm³/mol. The molecule has 1 aliphatic heterocycles. The number of rotatable bonds is 4. The van der Waals surface area contributed by atoms with Crippen molar-refractivity contribution in [1.29, 1.82) is 0 Å². The summed E-state index contributed by atoms with van der Waals surface area (Å²) >= 11 is 0. The number of nitrogens with two attached hydrogens (primary N) is 1. The molecule has 0 bridgehead atoms. The normalized spacial score (nSPS) is 26.1. The molecule has 0 spiro atoms. The average molecular weight is 235 g/mol. The fraction of sp³-hybridized carbons (Fsp3) is 1.00. The Labute approximate surface area is 92.2 Å². The van der Waals surface area contributed by atoms with E-state index in [1.54, 1.807) is 0 Å². The Morgan fingerprint density at radius 2 is 2.00 bits per heavy atom. The van der Waals surface area contributed by atoms with Crippen LogP contribution in [-0.2, 0) is 10.2 Å². The minimum Gasteiger partial charge on any atom is -0.328 e. The van der Waals surface area contributed by atoms with E-state index in [4.69, 9.17) is 5.73 Å². The highest BCUT2D eigenvalue weighted by molar-refractivity contribution is 7.87. The van der Waals surface area contributed by atoms with Gasteiger partial charge in [-0.05, 0) is 33.1 Å². The van der Waals surface area contributed by atoms with Gasteiger partial charge in [-0.25, -0.2) is 0 Å². The molecule has 3 N–H and O–H groups in total. The van der Waals surface area contributed by atoms with E-state index < -0.39 is 10.2 Å². The number of hydrogen-bond donors (Lipinski definition) is 2. The van der Waals surface area contributed by atoms with Crippen molar-refractivity contribution in [3.05, 3.63) is 0 Å². The van der Waals surface area contributed by atoms with Crippen molar-refractivity contribution < 1.29 is 8.42 Å². The zero-order valence-electron chi connectivity index (χ0n) is 9.60. The maximum Gasteiger partial charge on any atom is 0.279 e. The first kappa shape index (κ1) is 12.9. The third-order valence-electron chi connectivity index (χ3n) is 2.66. The van der Waals surface area contributed by atoms with E-state index in [0.717, 1.165) is 6.42 Å². The van der Waals surface area contributed by atoms with E-state index in [2.05, 4.69) is 4.72 Å². The van der Waals surface area contributed by atoms with Crippen LogP contribution in [0.1, 0.15) is 27.2 Å². The molecule has 1 rings (SSSR count). The van der Waals surface area contributed by atoms with Gasteiger partial charge in [-0.3, -0.25) is 0 Å². The molecule has 0 amide bonds. The molecule has 0 radical (unpaired) electrons. The fourth-order valence-electron chi connectivity index (χ4n) is 1.77. The van der Waals surface area contributed by atoms with Gasteiger partial charge >= 0.3 is 0 Å². The highest BCUT2D eigenvalue weighted by atomic mass is 32.2. The molecule has 0 aliphatic carbocycles. The average Bonchev–Trinajstić information content (AvgIpc) is 2.48. The predicted octanol–water partition coefficient (Wildman–Crippen LogP) is -0.102. The van der Waals surface area contributed by atoms with E-state index in [1.807, 2.05) is 20.8 Å². The Hall–Kier alpha value is -0.170. The molecular weight excluding hydrogens is 214 g/mol. The summed E-state index contributed by atoms with van der Waals surface area (Å²) in [6.45, 7) is 6.68. The van der Waals surface area contributed by atoms with E-state index in [-0.39, 0.29) is 18.0 Å². The van der Waals surface area contributed by atoms with Crippen LogP contribution < -0.4 is 10.5 Å². The molecule has 5 nitrogen and oxygen atoms in total. The fourth-order valence-corrected chi connectivity index (χ4v) is 3.25. The topological polar surface area (TPSA) is 75.4 Å². The number of nitrogens with one attached hydrogen (secondary N) is 1. The van der Waals surface area contributed by atoms with E-state index in [9.17, 15) is 8.42 Å². The van der Waals surface area contributed by atoms with Crippen LogP contribution in [0.2, 0.25) is 0 Å². The second-order valence-corrected chi connectivity index (χ2v) is 6.25. The first-order valence-electron chi connectivity index (χ1n) is 5.36. The summed E-state index contributed by atoms with van der Waals surface area (Å²) in [5.74, 6) is 0.286. The summed E-state index contributed by atoms with van der Waals surface area (Å²) in [5, 5.41) is 0.